The fraction of sp³-hybridized carbons (Fsp3) is 0.435. The SMILES string of the molecule is CC1=C(CCc2cccc(N=Nc3c(C)[nH]n(CCCCO)c3=O)c2O)C=CCC1. The number of benzene rings is 1. The number of hydrogen-bond donors (Lipinski definition) is 3. The number of nitrogens with zero attached hydrogens (tertiary/aromatic N) is 3. The standard InChI is InChI=1S/C23H30N4O3/c1-16-8-3-4-9-18(16)12-13-19-10-7-11-20(22(19)29)24-25-21-17(2)26-27(23(21)30)14-5-6-15-28/h4,7,9-11,26,28-29H,3,5-6,8,12-15H2,1-2H3. The number of azo groups is 1. The van der Waals surface area contributed by atoms with Crippen LogP contribution in [-0.2, 0) is 13.0 Å². The third-order valence-corrected chi connectivity index (χ3v) is 5.47. The summed E-state index contributed by atoms with van der Waals surface area (Å²) in [5.41, 5.74) is 4.51. The van der Waals surface area contributed by atoms with Crippen LogP contribution in [0.15, 0.2) is 56.5 Å². The van der Waals surface area contributed by atoms with Crippen molar-refractivity contribution < 1.29 is 10.2 Å². The number of allylic oxidation sites excluding steroid dienone is 4. The molecule has 0 saturated carbocycles. The van der Waals surface area contributed by atoms with Crippen molar-refractivity contribution in [1.29, 1.82) is 0 Å². The van der Waals surface area contributed by atoms with Crippen molar-refractivity contribution in [3.05, 3.63) is 63.1 Å². The number of phenolic OH excluding ortho intramolecular Hbond substituents is 1. The van der Waals surface area contributed by atoms with E-state index in [0.717, 1.165) is 24.8 Å². The minimum Gasteiger partial charge on any atom is -0.505 e. The Morgan fingerprint density at radius 3 is 2.77 bits per heavy atom. The third-order valence-electron chi connectivity index (χ3n) is 5.47. The second-order valence-electron chi connectivity index (χ2n) is 7.70. The number of rotatable bonds is 9. The van der Waals surface area contributed by atoms with Crippen LogP contribution in [0.25, 0.3) is 0 Å². The van der Waals surface area contributed by atoms with E-state index in [1.165, 1.54) is 15.8 Å². The zero-order valence-corrected chi connectivity index (χ0v) is 17.7. The number of para-hydroxylation sites is 1. The van der Waals surface area contributed by atoms with Gasteiger partial charge < -0.3 is 10.2 Å². The van der Waals surface area contributed by atoms with Crippen LogP contribution in [0.3, 0.4) is 0 Å². The molecule has 0 aliphatic heterocycles. The van der Waals surface area contributed by atoms with E-state index in [4.69, 9.17) is 5.11 Å². The molecule has 0 saturated heterocycles. The molecule has 7 nitrogen and oxygen atoms in total. The number of aliphatic hydroxyl groups excluding tert-OH is 1. The molecule has 1 aliphatic carbocycles. The highest BCUT2D eigenvalue weighted by molar-refractivity contribution is 5.55. The minimum absolute atomic E-state index is 0.101. The van der Waals surface area contributed by atoms with Crippen LogP contribution in [0.4, 0.5) is 11.4 Å². The molecule has 160 valence electrons. The van der Waals surface area contributed by atoms with Gasteiger partial charge in [0, 0.05) is 13.2 Å². The first kappa shape index (κ1) is 21.8. The normalized spacial score (nSPS) is 14.2. The predicted molar refractivity (Wildman–Crippen MR) is 118 cm³/mol. The summed E-state index contributed by atoms with van der Waals surface area (Å²) in [7, 11) is 0. The van der Waals surface area contributed by atoms with Gasteiger partial charge in [-0.05, 0) is 69.6 Å². The molecule has 1 aromatic heterocycles. The highest BCUT2D eigenvalue weighted by Crippen LogP contribution is 2.33. The highest BCUT2D eigenvalue weighted by atomic mass is 16.3. The van der Waals surface area contributed by atoms with Crippen LogP contribution < -0.4 is 5.56 Å². The molecule has 0 atom stereocenters. The molecule has 3 N–H and O–H groups in total. The van der Waals surface area contributed by atoms with Gasteiger partial charge in [-0.1, -0.05) is 29.9 Å². The predicted octanol–water partition coefficient (Wildman–Crippen LogP) is 4.98. The van der Waals surface area contributed by atoms with Gasteiger partial charge in [0.1, 0.15) is 11.4 Å². The average molecular weight is 411 g/mol. The van der Waals surface area contributed by atoms with E-state index >= 15 is 0 Å². The first-order chi connectivity index (χ1) is 14.5. The summed E-state index contributed by atoms with van der Waals surface area (Å²) < 4.78 is 1.48. The van der Waals surface area contributed by atoms with E-state index in [0.29, 0.717) is 37.2 Å². The summed E-state index contributed by atoms with van der Waals surface area (Å²) in [6.45, 7) is 4.52. The molecular weight excluding hydrogens is 380 g/mol. The Hall–Kier alpha value is -2.93. The van der Waals surface area contributed by atoms with Crippen LogP contribution >= 0.6 is 0 Å². The highest BCUT2D eigenvalue weighted by Gasteiger charge is 2.12. The second kappa shape index (κ2) is 10.2. The molecule has 30 heavy (non-hydrogen) atoms. The molecular formula is C23H30N4O3. The molecule has 2 aromatic rings. The fourth-order valence-corrected chi connectivity index (χ4v) is 3.61. The van der Waals surface area contributed by atoms with Crippen molar-refractivity contribution in [1.82, 2.24) is 9.78 Å². The van der Waals surface area contributed by atoms with Gasteiger partial charge in [-0.3, -0.25) is 14.6 Å². The van der Waals surface area contributed by atoms with Gasteiger partial charge in [-0.25, -0.2) is 0 Å². The zero-order valence-electron chi connectivity index (χ0n) is 17.7. The molecule has 0 amide bonds. The number of aromatic hydroxyl groups is 1. The number of nitrogens with one attached hydrogen (secondary N) is 1. The van der Waals surface area contributed by atoms with E-state index in [-0.39, 0.29) is 23.6 Å². The van der Waals surface area contributed by atoms with Gasteiger partial charge in [-0.2, -0.15) is 0 Å². The third kappa shape index (κ3) is 5.16. The molecule has 0 radical (unpaired) electrons. The van der Waals surface area contributed by atoms with E-state index in [9.17, 15) is 9.90 Å². The van der Waals surface area contributed by atoms with E-state index in [1.807, 2.05) is 12.1 Å². The van der Waals surface area contributed by atoms with E-state index < -0.39 is 0 Å². The zero-order chi connectivity index (χ0) is 21.5. The molecule has 1 aromatic carbocycles. The number of aromatic nitrogens is 2. The maximum Gasteiger partial charge on any atom is 0.294 e. The molecule has 0 spiro atoms. The van der Waals surface area contributed by atoms with Crippen molar-refractivity contribution >= 4 is 11.4 Å². The fourth-order valence-electron chi connectivity index (χ4n) is 3.61. The van der Waals surface area contributed by atoms with Gasteiger partial charge in [0.25, 0.3) is 5.56 Å². The number of H-pyrrole nitrogens is 1. The molecule has 7 heteroatoms. The summed E-state index contributed by atoms with van der Waals surface area (Å²) in [5.74, 6) is 0.107. The number of aryl methyl sites for hydroxylation is 3. The molecule has 0 fully saturated rings. The Kier molecular flexibility index (Phi) is 7.41. The average Bonchev–Trinajstić information content (AvgIpc) is 3.00. The van der Waals surface area contributed by atoms with Crippen LogP contribution in [0.1, 0.15) is 50.3 Å². The quantitative estimate of drug-likeness (QED) is 0.401. The maximum atomic E-state index is 12.5. The molecule has 0 unspecified atom stereocenters. The lowest BCUT2D eigenvalue weighted by Crippen LogP contribution is -2.16. The van der Waals surface area contributed by atoms with Crippen LogP contribution in [-0.4, -0.2) is 26.6 Å². The molecule has 3 rings (SSSR count). The van der Waals surface area contributed by atoms with Crippen LogP contribution in [0.5, 0.6) is 5.75 Å². The molecule has 1 heterocycles. The smallest absolute Gasteiger partial charge is 0.294 e. The summed E-state index contributed by atoms with van der Waals surface area (Å²) in [5, 5.41) is 30.8. The van der Waals surface area contributed by atoms with E-state index in [2.05, 4.69) is 34.4 Å². The number of aliphatic hydroxyl groups is 1. The van der Waals surface area contributed by atoms with Gasteiger partial charge in [0.05, 0.1) is 5.69 Å². The summed E-state index contributed by atoms with van der Waals surface area (Å²) in [6, 6.07) is 5.43. The number of aromatic amines is 1. The molecule has 1 aliphatic rings. The van der Waals surface area contributed by atoms with Gasteiger partial charge >= 0.3 is 0 Å². The van der Waals surface area contributed by atoms with Crippen molar-refractivity contribution in [3.8, 4) is 5.75 Å². The number of unbranched alkanes of at least 4 members (excludes halogenated alkanes) is 1. The van der Waals surface area contributed by atoms with Crippen LogP contribution in [0, 0.1) is 6.92 Å². The first-order valence-electron chi connectivity index (χ1n) is 10.5. The number of phenols is 1. The second-order valence-corrected chi connectivity index (χ2v) is 7.70. The molecule has 0 bridgehead atoms. The topological polar surface area (TPSA) is 103 Å². The maximum absolute atomic E-state index is 12.5. The Morgan fingerprint density at radius 1 is 1.17 bits per heavy atom. The Bertz CT molecular complexity index is 1030. The lowest BCUT2D eigenvalue weighted by molar-refractivity contribution is 0.280. The summed E-state index contributed by atoms with van der Waals surface area (Å²) in [4.78, 5) is 12.5. The van der Waals surface area contributed by atoms with Gasteiger partial charge in [0.2, 0.25) is 0 Å². The van der Waals surface area contributed by atoms with Crippen molar-refractivity contribution in [2.24, 2.45) is 10.2 Å². The first-order valence-corrected chi connectivity index (χ1v) is 10.5. The Morgan fingerprint density at radius 2 is 2.00 bits per heavy atom. The van der Waals surface area contributed by atoms with Crippen molar-refractivity contribution in [2.45, 2.75) is 58.9 Å². The Labute approximate surface area is 176 Å². The van der Waals surface area contributed by atoms with Crippen molar-refractivity contribution in [3.63, 3.8) is 0 Å². The minimum atomic E-state index is -0.253. The van der Waals surface area contributed by atoms with Gasteiger partial charge in [0.15, 0.2) is 5.69 Å². The van der Waals surface area contributed by atoms with Crippen molar-refractivity contribution in [2.75, 3.05) is 6.61 Å². The summed E-state index contributed by atoms with van der Waals surface area (Å²) >= 11 is 0. The van der Waals surface area contributed by atoms with E-state index in [1.54, 1.807) is 13.0 Å². The van der Waals surface area contributed by atoms with Gasteiger partial charge in [-0.15, -0.1) is 10.2 Å². The lowest BCUT2D eigenvalue weighted by Gasteiger charge is -2.13. The summed E-state index contributed by atoms with van der Waals surface area (Å²) in [6.07, 6.45) is 9.48. The number of hydrogen-bond acceptors (Lipinski definition) is 5. The Balaban J connectivity index is 1.74. The lowest BCUT2D eigenvalue weighted by atomic mass is 9.94. The monoisotopic (exact) mass is 410 g/mol. The largest absolute Gasteiger partial charge is 0.505 e. The van der Waals surface area contributed by atoms with Crippen LogP contribution in [0.2, 0.25) is 0 Å².